The molecule has 0 unspecified atom stereocenters. The predicted molar refractivity (Wildman–Crippen MR) is 95.9 cm³/mol. The molecule has 1 spiro atoms. The Balaban J connectivity index is 1.45. The molecule has 5 rings (SSSR count). The number of hydrogen-bond acceptors (Lipinski definition) is 6. The zero-order chi connectivity index (χ0) is 17.7. The van der Waals surface area contributed by atoms with E-state index in [2.05, 4.69) is 36.7 Å². The Bertz CT molecular complexity index is 980. The molecule has 26 heavy (non-hydrogen) atoms. The molecule has 132 valence electrons. The molecule has 2 aliphatic rings. The molecule has 1 saturated heterocycles. The van der Waals surface area contributed by atoms with Gasteiger partial charge in [-0.2, -0.15) is 0 Å². The summed E-state index contributed by atoms with van der Waals surface area (Å²) in [5.74, 6) is 0.924. The summed E-state index contributed by atoms with van der Waals surface area (Å²) in [6.45, 7) is 4.25. The van der Waals surface area contributed by atoms with Crippen LogP contribution in [-0.2, 0) is 0 Å². The Morgan fingerprint density at radius 2 is 2.08 bits per heavy atom. The molecule has 1 N–H and O–H groups in total. The van der Waals surface area contributed by atoms with Crippen molar-refractivity contribution in [3.8, 4) is 0 Å². The molecule has 0 atom stereocenters. The van der Waals surface area contributed by atoms with Crippen LogP contribution in [0.25, 0.3) is 11.0 Å². The zero-order valence-electron chi connectivity index (χ0n) is 14.5. The quantitative estimate of drug-likeness (QED) is 0.755. The van der Waals surface area contributed by atoms with Crippen LogP contribution >= 0.6 is 0 Å². The van der Waals surface area contributed by atoms with Gasteiger partial charge in [-0.15, -0.1) is 0 Å². The van der Waals surface area contributed by atoms with Gasteiger partial charge in [0.25, 0.3) is 5.91 Å². The van der Waals surface area contributed by atoms with E-state index >= 15 is 0 Å². The highest BCUT2D eigenvalue weighted by Crippen LogP contribution is 2.46. The molecular formula is C18H19N7O. The van der Waals surface area contributed by atoms with E-state index in [1.165, 1.54) is 0 Å². The Morgan fingerprint density at radius 3 is 2.85 bits per heavy atom. The molecule has 0 bridgehead atoms. The number of H-pyrrole nitrogens is 1. The van der Waals surface area contributed by atoms with Gasteiger partial charge in [-0.25, -0.2) is 15.0 Å². The van der Waals surface area contributed by atoms with Crippen molar-refractivity contribution in [2.24, 2.45) is 0 Å². The van der Waals surface area contributed by atoms with Crippen LogP contribution in [-0.4, -0.2) is 60.9 Å². The van der Waals surface area contributed by atoms with Crippen LogP contribution in [0, 0.1) is 6.92 Å². The molecule has 1 aliphatic heterocycles. The summed E-state index contributed by atoms with van der Waals surface area (Å²) in [4.78, 5) is 37.4. The molecule has 8 nitrogen and oxygen atoms in total. The molecule has 1 amide bonds. The van der Waals surface area contributed by atoms with Gasteiger partial charge in [-0.1, -0.05) is 0 Å². The first-order chi connectivity index (χ1) is 12.7. The largest absolute Gasteiger partial charge is 0.352 e. The van der Waals surface area contributed by atoms with Gasteiger partial charge in [-0.3, -0.25) is 9.78 Å². The van der Waals surface area contributed by atoms with Crippen molar-refractivity contribution in [3.05, 3.63) is 42.4 Å². The maximum Gasteiger partial charge on any atom is 0.274 e. The van der Waals surface area contributed by atoms with Gasteiger partial charge in [-0.05, 0) is 25.3 Å². The number of fused-ring (bicyclic) bond motifs is 1. The molecule has 2 fully saturated rings. The third kappa shape index (κ3) is 2.25. The third-order valence-electron chi connectivity index (χ3n) is 5.45. The number of nitrogens with one attached hydrogen (secondary N) is 1. The summed E-state index contributed by atoms with van der Waals surface area (Å²) < 4.78 is 0. The van der Waals surface area contributed by atoms with Gasteiger partial charge in [0, 0.05) is 38.2 Å². The highest BCUT2D eigenvalue weighted by Gasteiger charge is 2.53. The van der Waals surface area contributed by atoms with Gasteiger partial charge in [0.1, 0.15) is 23.5 Å². The third-order valence-corrected chi connectivity index (χ3v) is 5.45. The predicted octanol–water partition coefficient (Wildman–Crippen LogP) is 1.55. The number of rotatable bonds is 2. The molecule has 3 aromatic heterocycles. The fourth-order valence-electron chi connectivity index (χ4n) is 3.93. The first kappa shape index (κ1) is 15.2. The van der Waals surface area contributed by atoms with Gasteiger partial charge >= 0.3 is 0 Å². The van der Waals surface area contributed by atoms with E-state index in [1.54, 1.807) is 24.9 Å². The number of aromatic amines is 1. The average Bonchev–Trinajstić information content (AvgIpc) is 3.34. The van der Waals surface area contributed by atoms with E-state index in [0.717, 1.165) is 48.3 Å². The highest BCUT2D eigenvalue weighted by atomic mass is 16.2. The summed E-state index contributed by atoms with van der Waals surface area (Å²) in [6.07, 6.45) is 10.3. The van der Waals surface area contributed by atoms with Crippen LogP contribution in [0.1, 0.15) is 28.9 Å². The summed E-state index contributed by atoms with van der Waals surface area (Å²) in [5, 5.41) is 1.07. The number of carbonyl (C=O) groups excluding carboxylic acids is 1. The van der Waals surface area contributed by atoms with Gasteiger partial charge in [0.15, 0.2) is 0 Å². The van der Waals surface area contributed by atoms with E-state index in [4.69, 9.17) is 0 Å². The number of anilines is 1. The number of hydrogen-bond donors (Lipinski definition) is 1. The Labute approximate surface area is 150 Å². The SMILES string of the molecule is Cc1c[nH]c2ncnc(N3CCN(C(=O)c4cnccn4)C4(CC4)C3)c12. The van der Waals surface area contributed by atoms with Crippen LogP contribution < -0.4 is 4.90 Å². The number of aryl methyl sites for hydroxylation is 1. The molecule has 8 heteroatoms. The van der Waals surface area contributed by atoms with E-state index in [-0.39, 0.29) is 11.4 Å². The number of carbonyl (C=O) groups is 1. The molecule has 1 aliphatic carbocycles. The molecule has 1 saturated carbocycles. The second-order valence-electron chi connectivity index (χ2n) is 7.09. The fourth-order valence-corrected chi connectivity index (χ4v) is 3.93. The summed E-state index contributed by atoms with van der Waals surface area (Å²) >= 11 is 0. The number of nitrogens with zero attached hydrogens (tertiary/aromatic N) is 6. The van der Waals surface area contributed by atoms with Crippen molar-refractivity contribution in [1.82, 2.24) is 29.8 Å². The Kier molecular flexibility index (Phi) is 3.22. The van der Waals surface area contributed by atoms with Crippen molar-refractivity contribution >= 4 is 22.8 Å². The minimum atomic E-state index is -0.117. The maximum absolute atomic E-state index is 12.9. The lowest BCUT2D eigenvalue weighted by molar-refractivity contribution is 0.0617. The van der Waals surface area contributed by atoms with E-state index in [1.807, 2.05) is 11.1 Å². The smallest absolute Gasteiger partial charge is 0.274 e. The molecule has 0 aromatic carbocycles. The second-order valence-corrected chi connectivity index (χ2v) is 7.09. The highest BCUT2D eigenvalue weighted by molar-refractivity contribution is 5.94. The summed E-state index contributed by atoms with van der Waals surface area (Å²) in [6, 6.07) is 0. The Morgan fingerprint density at radius 1 is 1.19 bits per heavy atom. The van der Waals surface area contributed by atoms with E-state index in [0.29, 0.717) is 12.2 Å². The molecular weight excluding hydrogens is 330 g/mol. The van der Waals surface area contributed by atoms with Crippen molar-refractivity contribution in [1.29, 1.82) is 0 Å². The summed E-state index contributed by atoms with van der Waals surface area (Å²) in [5.41, 5.74) is 2.29. The van der Waals surface area contributed by atoms with Crippen molar-refractivity contribution in [2.75, 3.05) is 24.5 Å². The number of amides is 1. The summed E-state index contributed by atoms with van der Waals surface area (Å²) in [7, 11) is 0. The first-order valence-corrected chi connectivity index (χ1v) is 8.80. The van der Waals surface area contributed by atoms with Gasteiger partial charge in [0.05, 0.1) is 17.1 Å². The van der Waals surface area contributed by atoms with Crippen molar-refractivity contribution < 1.29 is 4.79 Å². The topological polar surface area (TPSA) is 90.9 Å². The fraction of sp³-hybridized carbons (Fsp3) is 0.389. The minimum Gasteiger partial charge on any atom is -0.352 e. The standard InChI is InChI=1S/C18H19N7O/c1-12-8-21-15-14(12)16(23-11-22-15)24-6-7-25(18(10-24)2-3-18)17(26)13-9-19-4-5-20-13/h4-5,8-9,11H,2-3,6-7,10H2,1H3,(H,21,22,23). The first-order valence-electron chi connectivity index (χ1n) is 8.80. The minimum absolute atomic E-state index is 0.0269. The molecule has 0 radical (unpaired) electrons. The van der Waals surface area contributed by atoms with Gasteiger partial charge in [0.2, 0.25) is 0 Å². The van der Waals surface area contributed by atoms with E-state index < -0.39 is 0 Å². The average molecular weight is 349 g/mol. The van der Waals surface area contributed by atoms with Gasteiger partial charge < -0.3 is 14.8 Å². The lowest BCUT2D eigenvalue weighted by Gasteiger charge is -2.42. The van der Waals surface area contributed by atoms with Crippen LogP contribution in [0.4, 0.5) is 5.82 Å². The zero-order valence-corrected chi connectivity index (χ0v) is 14.5. The second kappa shape index (κ2) is 5.48. The van der Waals surface area contributed by atoms with Crippen molar-refractivity contribution in [2.45, 2.75) is 25.3 Å². The van der Waals surface area contributed by atoms with Crippen LogP contribution in [0.15, 0.2) is 31.1 Å². The maximum atomic E-state index is 12.9. The van der Waals surface area contributed by atoms with Crippen LogP contribution in [0.3, 0.4) is 0 Å². The Hall–Kier alpha value is -3.03. The van der Waals surface area contributed by atoms with Crippen molar-refractivity contribution in [3.63, 3.8) is 0 Å². The normalized spacial score (nSPS) is 18.5. The molecule has 3 aromatic rings. The van der Waals surface area contributed by atoms with Crippen LogP contribution in [0.5, 0.6) is 0 Å². The lowest BCUT2D eigenvalue weighted by Crippen LogP contribution is -2.57. The number of aromatic nitrogens is 5. The lowest BCUT2D eigenvalue weighted by atomic mass is 10.1. The number of piperazine rings is 1. The molecule has 4 heterocycles. The van der Waals surface area contributed by atoms with Crippen LogP contribution in [0.2, 0.25) is 0 Å². The van der Waals surface area contributed by atoms with E-state index in [9.17, 15) is 4.79 Å². The monoisotopic (exact) mass is 349 g/mol.